The molecule has 2 heterocycles. The molecule has 0 spiro atoms. The normalized spacial score (nSPS) is 19.6. The van der Waals surface area contributed by atoms with Gasteiger partial charge in [-0.2, -0.15) is 0 Å². The molecule has 4 heteroatoms. The van der Waals surface area contributed by atoms with Crippen LogP contribution in [-0.2, 0) is 11.2 Å². The first-order chi connectivity index (χ1) is 12.6. The predicted molar refractivity (Wildman–Crippen MR) is 107 cm³/mol. The molecular weight excluding hydrogens is 322 g/mol. The van der Waals surface area contributed by atoms with Gasteiger partial charge >= 0.3 is 0 Å². The summed E-state index contributed by atoms with van der Waals surface area (Å²) in [6.07, 6.45) is 1.03. The first kappa shape index (κ1) is 17.0. The van der Waals surface area contributed by atoms with E-state index in [0.29, 0.717) is 12.6 Å². The number of aryl methyl sites for hydroxylation is 1. The van der Waals surface area contributed by atoms with Crippen molar-refractivity contribution in [2.45, 2.75) is 26.3 Å². The summed E-state index contributed by atoms with van der Waals surface area (Å²) in [7, 11) is 0. The third-order valence-corrected chi connectivity index (χ3v) is 5.65. The molecule has 2 aliphatic heterocycles. The maximum absolute atomic E-state index is 12.9. The van der Waals surface area contributed by atoms with E-state index in [1.165, 1.54) is 22.5 Å². The zero-order valence-electron chi connectivity index (χ0n) is 15.7. The molecule has 26 heavy (non-hydrogen) atoms. The van der Waals surface area contributed by atoms with Crippen molar-refractivity contribution >= 4 is 17.3 Å². The Balaban J connectivity index is 1.37. The second-order valence-electron chi connectivity index (χ2n) is 7.52. The molecule has 0 aromatic heterocycles. The van der Waals surface area contributed by atoms with Crippen molar-refractivity contribution in [1.29, 1.82) is 0 Å². The molecule has 0 radical (unpaired) electrons. The molecule has 4 nitrogen and oxygen atoms in total. The molecule has 2 aliphatic rings. The highest BCUT2D eigenvalue weighted by atomic mass is 16.2. The maximum Gasteiger partial charge on any atom is 0.242 e. The van der Waals surface area contributed by atoms with Crippen LogP contribution in [0.5, 0.6) is 0 Å². The fourth-order valence-electron chi connectivity index (χ4n) is 4.15. The summed E-state index contributed by atoms with van der Waals surface area (Å²) < 4.78 is 0. The van der Waals surface area contributed by atoms with Crippen molar-refractivity contribution in [1.82, 2.24) is 4.90 Å². The number of nitrogens with zero attached hydrogens (tertiary/aromatic N) is 3. The van der Waals surface area contributed by atoms with Crippen LogP contribution in [0, 0.1) is 6.92 Å². The average Bonchev–Trinajstić information content (AvgIpc) is 2.97. The standard InChI is InChI=1S/C22H27N3O/c1-17-6-5-8-20(14-17)23-10-12-24(13-11-23)22(26)16-25-18(2)15-19-7-3-4-9-21(19)25/h3-9,14,18H,10-13,15-16H2,1-2H3. The summed E-state index contributed by atoms with van der Waals surface area (Å²) in [4.78, 5) is 19.5. The van der Waals surface area contributed by atoms with Crippen LogP contribution in [0.3, 0.4) is 0 Å². The van der Waals surface area contributed by atoms with Crippen LogP contribution in [0.1, 0.15) is 18.1 Å². The van der Waals surface area contributed by atoms with Gasteiger partial charge in [0.1, 0.15) is 0 Å². The van der Waals surface area contributed by atoms with Crippen molar-refractivity contribution in [3.8, 4) is 0 Å². The van der Waals surface area contributed by atoms with Gasteiger partial charge in [-0.05, 0) is 49.6 Å². The lowest BCUT2D eigenvalue weighted by Gasteiger charge is -2.37. The number of benzene rings is 2. The van der Waals surface area contributed by atoms with E-state index in [4.69, 9.17) is 0 Å². The second kappa shape index (κ2) is 7.02. The van der Waals surface area contributed by atoms with Crippen LogP contribution in [0.2, 0.25) is 0 Å². The Labute approximate surface area is 156 Å². The summed E-state index contributed by atoms with van der Waals surface area (Å²) in [5, 5.41) is 0. The van der Waals surface area contributed by atoms with Gasteiger partial charge in [0, 0.05) is 43.6 Å². The molecule has 1 fully saturated rings. The summed E-state index contributed by atoms with van der Waals surface area (Å²) >= 11 is 0. The lowest BCUT2D eigenvalue weighted by molar-refractivity contribution is -0.130. The molecule has 0 bridgehead atoms. The van der Waals surface area contributed by atoms with Crippen LogP contribution >= 0.6 is 0 Å². The first-order valence-corrected chi connectivity index (χ1v) is 9.56. The molecule has 0 N–H and O–H groups in total. The smallest absolute Gasteiger partial charge is 0.242 e. The third kappa shape index (κ3) is 3.28. The lowest BCUT2D eigenvalue weighted by atomic mass is 10.1. The highest BCUT2D eigenvalue weighted by molar-refractivity contribution is 5.83. The topological polar surface area (TPSA) is 26.8 Å². The second-order valence-corrected chi connectivity index (χ2v) is 7.52. The minimum atomic E-state index is 0.248. The van der Waals surface area contributed by atoms with E-state index in [1.54, 1.807) is 0 Å². The molecule has 0 aliphatic carbocycles. The van der Waals surface area contributed by atoms with Gasteiger partial charge in [-0.15, -0.1) is 0 Å². The zero-order valence-corrected chi connectivity index (χ0v) is 15.7. The van der Waals surface area contributed by atoms with E-state index < -0.39 is 0 Å². The number of fused-ring (bicyclic) bond motifs is 1. The van der Waals surface area contributed by atoms with E-state index in [9.17, 15) is 4.79 Å². The highest BCUT2D eigenvalue weighted by Crippen LogP contribution is 2.31. The molecule has 2 aromatic rings. The Bertz CT molecular complexity index is 795. The van der Waals surface area contributed by atoms with E-state index in [0.717, 1.165) is 32.6 Å². The van der Waals surface area contributed by atoms with Gasteiger partial charge in [0.05, 0.1) is 6.54 Å². The lowest BCUT2D eigenvalue weighted by Crippen LogP contribution is -2.51. The number of hydrogen-bond donors (Lipinski definition) is 0. The third-order valence-electron chi connectivity index (χ3n) is 5.65. The summed E-state index contributed by atoms with van der Waals surface area (Å²) in [6.45, 7) is 8.24. The highest BCUT2D eigenvalue weighted by Gasteiger charge is 2.29. The van der Waals surface area contributed by atoms with Crippen molar-refractivity contribution in [2.75, 3.05) is 42.5 Å². The Morgan fingerprint density at radius 2 is 1.81 bits per heavy atom. The molecule has 4 rings (SSSR count). The van der Waals surface area contributed by atoms with Crippen molar-refractivity contribution in [3.05, 3.63) is 59.7 Å². The number of piperazine rings is 1. The number of amides is 1. The van der Waals surface area contributed by atoms with Gasteiger partial charge in [-0.1, -0.05) is 30.3 Å². The van der Waals surface area contributed by atoms with E-state index in [1.807, 2.05) is 4.90 Å². The minimum Gasteiger partial charge on any atom is -0.368 e. The monoisotopic (exact) mass is 349 g/mol. The summed E-state index contributed by atoms with van der Waals surface area (Å²) in [5.41, 5.74) is 5.13. The number of carbonyl (C=O) groups is 1. The van der Waals surface area contributed by atoms with Crippen LogP contribution in [0.15, 0.2) is 48.5 Å². The summed E-state index contributed by atoms with van der Waals surface area (Å²) in [5.74, 6) is 0.248. The Hall–Kier alpha value is -2.49. The quantitative estimate of drug-likeness (QED) is 0.852. The van der Waals surface area contributed by atoms with Crippen molar-refractivity contribution in [3.63, 3.8) is 0 Å². The number of hydrogen-bond acceptors (Lipinski definition) is 3. The number of anilines is 2. The maximum atomic E-state index is 12.9. The van der Waals surface area contributed by atoms with E-state index in [-0.39, 0.29) is 5.91 Å². The zero-order chi connectivity index (χ0) is 18.1. The van der Waals surface area contributed by atoms with Gasteiger partial charge < -0.3 is 14.7 Å². The molecule has 1 saturated heterocycles. The molecule has 1 amide bonds. The fourth-order valence-corrected chi connectivity index (χ4v) is 4.15. The average molecular weight is 349 g/mol. The molecule has 0 saturated carbocycles. The predicted octanol–water partition coefficient (Wildman–Crippen LogP) is 3.09. The SMILES string of the molecule is Cc1cccc(N2CCN(C(=O)CN3c4ccccc4CC3C)CC2)c1. The fraction of sp³-hybridized carbons (Fsp3) is 0.409. The van der Waals surface area contributed by atoms with Crippen molar-refractivity contribution in [2.24, 2.45) is 0 Å². The molecule has 2 aromatic carbocycles. The van der Waals surface area contributed by atoms with Crippen molar-refractivity contribution < 1.29 is 4.79 Å². The van der Waals surface area contributed by atoms with Gasteiger partial charge in [-0.3, -0.25) is 4.79 Å². The van der Waals surface area contributed by atoms with E-state index in [2.05, 4.69) is 72.2 Å². The Morgan fingerprint density at radius 1 is 1.04 bits per heavy atom. The van der Waals surface area contributed by atoms with Crippen LogP contribution in [0.25, 0.3) is 0 Å². The molecule has 1 unspecified atom stereocenters. The molecule has 1 atom stereocenters. The summed E-state index contributed by atoms with van der Waals surface area (Å²) in [6, 6.07) is 17.5. The Morgan fingerprint density at radius 3 is 2.58 bits per heavy atom. The first-order valence-electron chi connectivity index (χ1n) is 9.56. The Kier molecular flexibility index (Phi) is 4.58. The van der Waals surface area contributed by atoms with Crippen LogP contribution in [0.4, 0.5) is 11.4 Å². The van der Waals surface area contributed by atoms with Crippen LogP contribution in [-0.4, -0.2) is 49.6 Å². The minimum absolute atomic E-state index is 0.248. The molecular formula is C22H27N3O. The number of carbonyl (C=O) groups excluding carboxylic acids is 1. The van der Waals surface area contributed by atoms with Gasteiger partial charge in [0.2, 0.25) is 5.91 Å². The van der Waals surface area contributed by atoms with Crippen LogP contribution < -0.4 is 9.80 Å². The van der Waals surface area contributed by atoms with Gasteiger partial charge in [-0.25, -0.2) is 0 Å². The largest absolute Gasteiger partial charge is 0.368 e. The van der Waals surface area contributed by atoms with Gasteiger partial charge in [0.15, 0.2) is 0 Å². The molecule has 136 valence electrons. The number of rotatable bonds is 3. The van der Waals surface area contributed by atoms with E-state index >= 15 is 0 Å². The number of para-hydroxylation sites is 1. The van der Waals surface area contributed by atoms with Gasteiger partial charge in [0.25, 0.3) is 0 Å².